The van der Waals surface area contributed by atoms with Crippen molar-refractivity contribution in [2.24, 2.45) is 0 Å². The molecule has 3 aromatic heterocycles. The number of unbranched alkanes of at least 4 members (excludes halogenated alkanes) is 39. The highest BCUT2D eigenvalue weighted by atomic mass is 16.5. The number of nitrogens with zero attached hydrogens (tertiary/aromatic N) is 5. The zero-order valence-corrected chi connectivity index (χ0v) is 47.7. The number of rotatable bonds is 48. The molecule has 5 aromatic rings. The molecule has 0 bridgehead atoms. The van der Waals surface area contributed by atoms with E-state index in [1.165, 1.54) is 261 Å². The normalized spacial score (nSPS) is 11.8. The summed E-state index contributed by atoms with van der Waals surface area (Å²) in [4.78, 5) is 16.1. The Bertz CT molecular complexity index is 1970. The first-order chi connectivity index (χ1) is 36.2. The fourth-order valence-corrected chi connectivity index (χ4v) is 11.2. The van der Waals surface area contributed by atoms with Crippen LogP contribution in [-0.2, 0) is 13.1 Å². The van der Waals surface area contributed by atoms with Gasteiger partial charge in [0.2, 0.25) is 0 Å². The lowest BCUT2D eigenvalue weighted by molar-refractivity contribution is 0.304. The van der Waals surface area contributed by atoms with E-state index in [0.29, 0.717) is 6.61 Å². The quantitative estimate of drug-likeness (QED) is 0.0364. The van der Waals surface area contributed by atoms with Crippen LogP contribution in [0.4, 0.5) is 0 Å². The highest BCUT2D eigenvalue weighted by Crippen LogP contribution is 2.33. The molecule has 0 aliphatic carbocycles. The number of imidazole rings is 2. The fourth-order valence-electron chi connectivity index (χ4n) is 11.2. The van der Waals surface area contributed by atoms with E-state index in [1.54, 1.807) is 0 Å². The summed E-state index contributed by atoms with van der Waals surface area (Å²) in [7, 11) is 0. The molecule has 0 unspecified atom stereocenters. The molecule has 0 saturated heterocycles. The SMILES string of the molecule is CCCCCCCCCCCCCCCCOc1cc(-c2nc3ccccc3n2CCCCCCCCCCCCCCCC)nc(-c2nc3ccccc3n2CCCCCCCCCCCCCCCC)c1. The predicted octanol–water partition coefficient (Wildman–Crippen LogP) is 21.9. The molecule has 73 heavy (non-hydrogen) atoms. The first-order valence-electron chi connectivity index (χ1n) is 31.8. The minimum Gasteiger partial charge on any atom is -0.493 e. The lowest BCUT2D eigenvalue weighted by Crippen LogP contribution is -2.06. The molecule has 0 spiro atoms. The molecule has 6 heteroatoms. The lowest BCUT2D eigenvalue weighted by Gasteiger charge is -2.14. The van der Waals surface area contributed by atoms with Gasteiger partial charge in [0.25, 0.3) is 0 Å². The summed E-state index contributed by atoms with van der Waals surface area (Å²) in [6, 6.07) is 21.7. The number of aromatic nitrogens is 5. The minimum absolute atomic E-state index is 0.714. The summed E-state index contributed by atoms with van der Waals surface area (Å²) in [5, 5.41) is 0. The van der Waals surface area contributed by atoms with Gasteiger partial charge in [-0.25, -0.2) is 15.0 Å². The Kier molecular flexibility index (Phi) is 32.7. The summed E-state index contributed by atoms with van der Waals surface area (Å²) in [5.74, 6) is 2.75. The summed E-state index contributed by atoms with van der Waals surface area (Å²) < 4.78 is 11.6. The maximum Gasteiger partial charge on any atom is 0.159 e. The second-order valence-electron chi connectivity index (χ2n) is 22.4. The van der Waals surface area contributed by atoms with Crippen LogP contribution in [-0.4, -0.2) is 30.7 Å². The molecule has 0 aliphatic heterocycles. The molecule has 0 saturated carbocycles. The second-order valence-corrected chi connectivity index (χ2v) is 22.4. The van der Waals surface area contributed by atoms with Gasteiger partial charge in [-0.15, -0.1) is 0 Å². The molecule has 0 atom stereocenters. The first kappa shape index (κ1) is 60.2. The van der Waals surface area contributed by atoms with Crippen molar-refractivity contribution in [2.75, 3.05) is 6.61 Å². The molecule has 5 rings (SSSR count). The van der Waals surface area contributed by atoms with Crippen molar-refractivity contribution in [1.29, 1.82) is 0 Å². The molecule has 0 aliphatic rings. The van der Waals surface area contributed by atoms with Gasteiger partial charge in [0.1, 0.15) is 17.1 Å². The molecule has 2 aromatic carbocycles. The Hall–Kier alpha value is -3.67. The molecule has 6 nitrogen and oxygen atoms in total. The number of hydrogen-bond donors (Lipinski definition) is 0. The summed E-state index contributed by atoms with van der Waals surface area (Å²) in [6.45, 7) is 9.51. The third-order valence-corrected chi connectivity index (χ3v) is 15.8. The zero-order chi connectivity index (χ0) is 51.1. The minimum atomic E-state index is 0.714. The van der Waals surface area contributed by atoms with Crippen LogP contribution in [0.15, 0.2) is 60.7 Å². The lowest BCUT2D eigenvalue weighted by atomic mass is 10.0. The van der Waals surface area contributed by atoms with Gasteiger partial charge >= 0.3 is 0 Å². The largest absolute Gasteiger partial charge is 0.493 e. The molecule has 0 radical (unpaired) electrons. The Morgan fingerprint density at radius 2 is 0.589 bits per heavy atom. The van der Waals surface area contributed by atoms with Crippen molar-refractivity contribution < 1.29 is 4.74 Å². The van der Waals surface area contributed by atoms with E-state index < -0.39 is 0 Å². The molecule has 408 valence electrons. The number of ether oxygens (including phenoxy) is 1. The van der Waals surface area contributed by atoms with Gasteiger partial charge in [-0.2, -0.15) is 0 Å². The molecular weight excluding hydrogens is 891 g/mol. The maximum atomic E-state index is 6.72. The molecule has 0 N–H and O–H groups in total. The molecule has 3 heterocycles. The number of benzene rings is 2. The molecular formula is C67H109N5O. The summed E-state index contributed by atoms with van der Waals surface area (Å²) >= 11 is 0. The van der Waals surface area contributed by atoms with Gasteiger partial charge in [-0.3, -0.25) is 0 Å². The number of fused-ring (bicyclic) bond motifs is 2. The Labute approximate surface area is 448 Å². The van der Waals surface area contributed by atoms with Crippen molar-refractivity contribution in [3.05, 3.63) is 60.7 Å². The zero-order valence-electron chi connectivity index (χ0n) is 47.7. The van der Waals surface area contributed by atoms with E-state index in [1.807, 2.05) is 0 Å². The van der Waals surface area contributed by atoms with Crippen molar-refractivity contribution in [1.82, 2.24) is 24.1 Å². The van der Waals surface area contributed by atoms with Crippen LogP contribution in [0.2, 0.25) is 0 Å². The van der Waals surface area contributed by atoms with E-state index in [4.69, 9.17) is 19.7 Å². The molecule has 0 fully saturated rings. The van der Waals surface area contributed by atoms with Crippen molar-refractivity contribution >= 4 is 22.1 Å². The van der Waals surface area contributed by atoms with Crippen molar-refractivity contribution in [3.8, 4) is 28.8 Å². The second kappa shape index (κ2) is 39.7. The first-order valence-corrected chi connectivity index (χ1v) is 31.8. The summed E-state index contributed by atoms with van der Waals surface area (Å²) in [5.41, 5.74) is 6.20. The van der Waals surface area contributed by atoms with E-state index >= 15 is 0 Å². The Balaban J connectivity index is 1.20. The van der Waals surface area contributed by atoms with Crippen LogP contribution in [0.3, 0.4) is 0 Å². The van der Waals surface area contributed by atoms with Crippen molar-refractivity contribution in [3.63, 3.8) is 0 Å². The number of pyridine rings is 1. The highest BCUT2D eigenvalue weighted by molar-refractivity contribution is 5.82. The van der Waals surface area contributed by atoms with Gasteiger partial charge < -0.3 is 13.9 Å². The maximum absolute atomic E-state index is 6.72. The van der Waals surface area contributed by atoms with Gasteiger partial charge in [0.15, 0.2) is 11.6 Å². The van der Waals surface area contributed by atoms with Crippen molar-refractivity contribution in [2.45, 2.75) is 304 Å². The van der Waals surface area contributed by atoms with Crippen LogP contribution in [0.5, 0.6) is 5.75 Å². The van der Waals surface area contributed by atoms with Gasteiger partial charge in [0.05, 0.1) is 28.7 Å². The Morgan fingerprint density at radius 3 is 0.904 bits per heavy atom. The number of aryl methyl sites for hydroxylation is 2. The molecule has 0 amide bonds. The smallest absolute Gasteiger partial charge is 0.159 e. The third-order valence-electron chi connectivity index (χ3n) is 15.8. The van der Waals surface area contributed by atoms with E-state index in [-0.39, 0.29) is 0 Å². The van der Waals surface area contributed by atoms with Crippen LogP contribution in [0, 0.1) is 0 Å². The Morgan fingerprint density at radius 1 is 0.315 bits per heavy atom. The van der Waals surface area contributed by atoms with Crippen LogP contribution >= 0.6 is 0 Å². The van der Waals surface area contributed by atoms with E-state index in [0.717, 1.165) is 72.2 Å². The average molecular weight is 1000 g/mol. The van der Waals surface area contributed by atoms with Gasteiger partial charge in [0, 0.05) is 25.2 Å². The van der Waals surface area contributed by atoms with Crippen LogP contribution in [0.1, 0.15) is 290 Å². The van der Waals surface area contributed by atoms with E-state index in [9.17, 15) is 0 Å². The van der Waals surface area contributed by atoms with Gasteiger partial charge in [-0.05, 0) is 43.5 Å². The van der Waals surface area contributed by atoms with Crippen LogP contribution < -0.4 is 4.74 Å². The van der Waals surface area contributed by atoms with E-state index in [2.05, 4.69) is 90.6 Å². The van der Waals surface area contributed by atoms with Gasteiger partial charge in [-0.1, -0.05) is 295 Å². The average Bonchev–Trinajstić information content (AvgIpc) is 3.98. The predicted molar refractivity (Wildman–Crippen MR) is 318 cm³/mol. The van der Waals surface area contributed by atoms with Crippen LogP contribution in [0.25, 0.3) is 45.1 Å². The third kappa shape index (κ3) is 24.3. The number of hydrogen-bond acceptors (Lipinski definition) is 4. The topological polar surface area (TPSA) is 57.8 Å². The number of para-hydroxylation sites is 4. The highest BCUT2D eigenvalue weighted by Gasteiger charge is 2.20. The fraction of sp³-hybridized carbons (Fsp3) is 0.716. The summed E-state index contributed by atoms with van der Waals surface area (Å²) in [6.07, 6.45) is 57.1. The monoisotopic (exact) mass is 1000 g/mol. The standard InChI is InChI=1S/C67H109N5O/c1-4-7-10-13-16-19-22-25-28-31-34-37-40-47-54-71-64-52-45-43-50-60(64)69-66(71)62-57-59(73-56-49-42-39-36-33-30-27-24-21-18-15-12-9-6-3)58-63(68-62)67-70-61-51-44-46-53-65(61)72(67)55-48-41-38-35-32-29-26-23-20-17-14-11-8-5-2/h43-46,50-53,57-58H,4-42,47-49,54-56H2,1-3H3.